The Morgan fingerprint density at radius 2 is 2.12 bits per heavy atom. The summed E-state index contributed by atoms with van der Waals surface area (Å²) in [6.45, 7) is 3.39. The Labute approximate surface area is 147 Å². The van der Waals surface area contributed by atoms with Crippen molar-refractivity contribution in [1.29, 1.82) is 0 Å². The number of amides is 1. The Kier molecular flexibility index (Phi) is 4.74. The topological polar surface area (TPSA) is 75.9 Å². The lowest BCUT2D eigenvalue weighted by molar-refractivity contribution is 0.0944. The zero-order valence-corrected chi connectivity index (χ0v) is 14.4. The van der Waals surface area contributed by atoms with Crippen LogP contribution in [0.5, 0.6) is 0 Å². The molecular weight excluding hydrogens is 316 g/mol. The van der Waals surface area contributed by atoms with Gasteiger partial charge < -0.3 is 5.32 Å². The molecule has 1 N–H and O–H groups in total. The first-order valence-corrected chi connectivity index (χ1v) is 9.15. The summed E-state index contributed by atoms with van der Waals surface area (Å²) in [5.74, 6) is -0.220. The van der Waals surface area contributed by atoms with Crippen molar-refractivity contribution in [2.24, 2.45) is 0 Å². The third-order valence-electron chi connectivity index (χ3n) is 5.20. The quantitative estimate of drug-likeness (QED) is 0.918. The van der Waals surface area contributed by atoms with Crippen LogP contribution in [0, 0.1) is 0 Å². The van der Waals surface area contributed by atoms with Crippen LogP contribution in [0.15, 0.2) is 24.4 Å². The highest BCUT2D eigenvalue weighted by molar-refractivity contribution is 5.91. The molecule has 0 saturated heterocycles. The van der Waals surface area contributed by atoms with Crippen LogP contribution in [0.25, 0.3) is 0 Å². The molecular formula is C18H24N6O. The lowest BCUT2D eigenvalue weighted by atomic mass is 9.94. The van der Waals surface area contributed by atoms with E-state index in [1.54, 1.807) is 18.3 Å². The minimum Gasteiger partial charge on any atom is -0.345 e. The normalized spacial score (nSPS) is 18.7. The molecule has 0 bridgehead atoms. The molecule has 1 aliphatic heterocycles. The number of nitrogens with one attached hydrogen (secondary N) is 1. The van der Waals surface area contributed by atoms with Crippen molar-refractivity contribution in [2.75, 3.05) is 6.54 Å². The molecule has 1 aliphatic carbocycles. The molecule has 4 rings (SSSR count). The number of fused-ring (bicyclic) bond motifs is 1. The maximum absolute atomic E-state index is 12.1. The molecule has 7 heteroatoms. The lowest BCUT2D eigenvalue weighted by Gasteiger charge is -2.36. The van der Waals surface area contributed by atoms with Crippen LogP contribution in [0.2, 0.25) is 0 Å². The molecule has 25 heavy (non-hydrogen) atoms. The summed E-state index contributed by atoms with van der Waals surface area (Å²) in [6, 6.07) is 6.21. The van der Waals surface area contributed by atoms with Gasteiger partial charge in [0.15, 0.2) is 5.69 Å². The van der Waals surface area contributed by atoms with E-state index in [9.17, 15) is 4.79 Å². The minimum absolute atomic E-state index is 0.220. The fourth-order valence-corrected chi connectivity index (χ4v) is 3.87. The first-order valence-electron chi connectivity index (χ1n) is 9.15. The molecule has 1 fully saturated rings. The Hall–Kier alpha value is -2.28. The van der Waals surface area contributed by atoms with Crippen molar-refractivity contribution in [1.82, 2.24) is 30.2 Å². The van der Waals surface area contributed by atoms with Gasteiger partial charge in [-0.3, -0.25) is 14.4 Å². The Morgan fingerprint density at radius 1 is 1.24 bits per heavy atom. The van der Waals surface area contributed by atoms with Gasteiger partial charge in [0.25, 0.3) is 5.91 Å². The number of aromatic nitrogens is 4. The maximum atomic E-state index is 12.1. The molecule has 2 aromatic heterocycles. The number of hydrogen-bond donors (Lipinski definition) is 1. The molecule has 0 unspecified atom stereocenters. The fourth-order valence-electron chi connectivity index (χ4n) is 3.87. The van der Waals surface area contributed by atoms with Gasteiger partial charge in [-0.15, -0.1) is 5.10 Å². The molecule has 132 valence electrons. The predicted molar refractivity (Wildman–Crippen MR) is 92.7 cm³/mol. The third-order valence-corrected chi connectivity index (χ3v) is 5.20. The van der Waals surface area contributed by atoms with Crippen LogP contribution < -0.4 is 5.32 Å². The molecule has 0 spiro atoms. The summed E-state index contributed by atoms with van der Waals surface area (Å²) in [5, 5.41) is 15.1. The second-order valence-corrected chi connectivity index (χ2v) is 6.90. The second-order valence-electron chi connectivity index (χ2n) is 6.90. The van der Waals surface area contributed by atoms with Gasteiger partial charge in [-0.25, -0.2) is 0 Å². The lowest BCUT2D eigenvalue weighted by Crippen LogP contribution is -2.42. The summed E-state index contributed by atoms with van der Waals surface area (Å²) < 4.78 is 2.09. The van der Waals surface area contributed by atoms with Gasteiger partial charge in [0.2, 0.25) is 0 Å². The second kappa shape index (κ2) is 7.31. The van der Waals surface area contributed by atoms with Crippen molar-refractivity contribution >= 4 is 5.91 Å². The van der Waals surface area contributed by atoms with E-state index in [1.165, 1.54) is 37.8 Å². The Bertz CT molecular complexity index is 722. The summed E-state index contributed by atoms with van der Waals surface area (Å²) in [4.78, 5) is 14.7. The van der Waals surface area contributed by atoms with E-state index in [2.05, 4.69) is 36.3 Å². The standard InChI is InChI=1S/C18H24N6O/c25-18(17-7-4-8-20-21-17)19-12-14-11-16-13-23(9-10-24(16)22-14)15-5-2-1-3-6-15/h4,7-8,11,15H,1-3,5-6,9-10,12-13H2,(H,19,25). The molecule has 7 nitrogen and oxygen atoms in total. The zero-order valence-electron chi connectivity index (χ0n) is 14.4. The van der Waals surface area contributed by atoms with Gasteiger partial charge in [0.05, 0.1) is 24.5 Å². The van der Waals surface area contributed by atoms with Crippen molar-refractivity contribution in [2.45, 2.75) is 57.8 Å². The monoisotopic (exact) mass is 340 g/mol. The van der Waals surface area contributed by atoms with E-state index in [1.807, 2.05) is 0 Å². The van der Waals surface area contributed by atoms with Gasteiger partial charge in [-0.05, 0) is 31.0 Å². The van der Waals surface area contributed by atoms with Crippen LogP contribution in [0.3, 0.4) is 0 Å². The van der Waals surface area contributed by atoms with E-state index in [0.717, 1.165) is 31.4 Å². The first kappa shape index (κ1) is 16.2. The van der Waals surface area contributed by atoms with Crippen molar-refractivity contribution in [3.05, 3.63) is 41.5 Å². The van der Waals surface area contributed by atoms with Gasteiger partial charge in [-0.2, -0.15) is 10.2 Å². The SMILES string of the molecule is O=C(NCc1cc2n(n1)CCN(C1CCCCC1)C2)c1cccnn1. The van der Waals surface area contributed by atoms with Gasteiger partial charge >= 0.3 is 0 Å². The van der Waals surface area contributed by atoms with Crippen molar-refractivity contribution in [3.63, 3.8) is 0 Å². The highest BCUT2D eigenvalue weighted by Crippen LogP contribution is 2.26. The van der Waals surface area contributed by atoms with Crippen LogP contribution in [0.4, 0.5) is 0 Å². The van der Waals surface area contributed by atoms with E-state index < -0.39 is 0 Å². The summed E-state index contributed by atoms with van der Waals surface area (Å²) in [5.41, 5.74) is 2.48. The highest BCUT2D eigenvalue weighted by Gasteiger charge is 2.26. The molecule has 2 aromatic rings. The Balaban J connectivity index is 1.36. The van der Waals surface area contributed by atoms with Gasteiger partial charge in [0, 0.05) is 25.3 Å². The molecule has 3 heterocycles. The molecule has 0 atom stereocenters. The molecule has 1 saturated carbocycles. The molecule has 0 radical (unpaired) electrons. The number of hydrogen-bond acceptors (Lipinski definition) is 5. The summed E-state index contributed by atoms with van der Waals surface area (Å²) in [6.07, 6.45) is 8.32. The van der Waals surface area contributed by atoms with E-state index in [0.29, 0.717) is 12.2 Å². The molecule has 1 amide bonds. The maximum Gasteiger partial charge on any atom is 0.272 e. The molecule has 2 aliphatic rings. The van der Waals surface area contributed by atoms with Crippen LogP contribution >= 0.6 is 0 Å². The number of carbonyl (C=O) groups excluding carboxylic acids is 1. The average molecular weight is 340 g/mol. The van der Waals surface area contributed by atoms with Crippen molar-refractivity contribution in [3.8, 4) is 0 Å². The Morgan fingerprint density at radius 3 is 2.92 bits per heavy atom. The van der Waals surface area contributed by atoms with E-state index in [4.69, 9.17) is 0 Å². The van der Waals surface area contributed by atoms with Gasteiger partial charge in [0.1, 0.15) is 0 Å². The summed E-state index contributed by atoms with van der Waals surface area (Å²) in [7, 11) is 0. The van der Waals surface area contributed by atoms with E-state index >= 15 is 0 Å². The van der Waals surface area contributed by atoms with Crippen LogP contribution in [-0.4, -0.2) is 43.4 Å². The first-order chi connectivity index (χ1) is 12.3. The van der Waals surface area contributed by atoms with Crippen LogP contribution in [-0.2, 0) is 19.6 Å². The number of carbonyl (C=O) groups is 1. The third kappa shape index (κ3) is 3.71. The smallest absolute Gasteiger partial charge is 0.272 e. The molecule has 0 aromatic carbocycles. The number of rotatable bonds is 4. The van der Waals surface area contributed by atoms with Crippen LogP contribution in [0.1, 0.15) is 54.0 Å². The van der Waals surface area contributed by atoms with Gasteiger partial charge in [-0.1, -0.05) is 19.3 Å². The summed E-state index contributed by atoms with van der Waals surface area (Å²) >= 11 is 0. The number of nitrogens with zero attached hydrogens (tertiary/aromatic N) is 5. The zero-order chi connectivity index (χ0) is 17.1. The fraction of sp³-hybridized carbons (Fsp3) is 0.556. The average Bonchev–Trinajstić information content (AvgIpc) is 3.09. The minimum atomic E-state index is -0.220. The highest BCUT2D eigenvalue weighted by atomic mass is 16.1. The predicted octanol–water partition coefficient (Wildman–Crippen LogP) is 1.75. The van der Waals surface area contributed by atoms with E-state index in [-0.39, 0.29) is 5.91 Å². The van der Waals surface area contributed by atoms with Crippen molar-refractivity contribution < 1.29 is 4.79 Å². The largest absolute Gasteiger partial charge is 0.345 e.